The molecule has 0 aliphatic rings. The summed E-state index contributed by atoms with van der Waals surface area (Å²) in [6, 6.07) is 3.87. The van der Waals surface area contributed by atoms with Crippen molar-refractivity contribution >= 4 is 11.9 Å². The van der Waals surface area contributed by atoms with Crippen LogP contribution in [0.3, 0.4) is 0 Å². The third kappa shape index (κ3) is 6.75. The third-order valence-electron chi connectivity index (χ3n) is 4.25. The smallest absolute Gasteiger partial charge is 0.287 e. The molecular formula is C20H32N6O2. The van der Waals surface area contributed by atoms with Crippen LogP contribution in [0.15, 0.2) is 27.8 Å². The molecule has 154 valence electrons. The van der Waals surface area contributed by atoms with Gasteiger partial charge in [0.25, 0.3) is 5.91 Å². The number of aryl methyl sites for hydroxylation is 4. The van der Waals surface area contributed by atoms with Gasteiger partial charge in [-0.25, -0.2) is 0 Å². The Morgan fingerprint density at radius 3 is 2.61 bits per heavy atom. The summed E-state index contributed by atoms with van der Waals surface area (Å²) in [5.74, 6) is 1.00. The van der Waals surface area contributed by atoms with E-state index in [4.69, 9.17) is 4.42 Å². The summed E-state index contributed by atoms with van der Waals surface area (Å²) in [5, 5.41) is 13.9. The third-order valence-corrected chi connectivity index (χ3v) is 4.25. The number of amides is 1. The lowest BCUT2D eigenvalue weighted by molar-refractivity contribution is 0.0925. The predicted molar refractivity (Wildman–Crippen MR) is 111 cm³/mol. The predicted octanol–water partition coefficient (Wildman–Crippen LogP) is 2.17. The highest BCUT2D eigenvalue weighted by Gasteiger charge is 2.11. The van der Waals surface area contributed by atoms with Crippen LogP contribution in [0.4, 0.5) is 0 Å². The zero-order valence-electron chi connectivity index (χ0n) is 17.3. The average molecular weight is 389 g/mol. The van der Waals surface area contributed by atoms with E-state index in [1.807, 2.05) is 25.5 Å². The molecule has 0 bridgehead atoms. The van der Waals surface area contributed by atoms with Crippen molar-refractivity contribution in [1.82, 2.24) is 25.7 Å². The topological polar surface area (TPSA) is 96.5 Å². The molecule has 8 nitrogen and oxygen atoms in total. The molecule has 2 rings (SSSR count). The molecule has 2 aromatic heterocycles. The average Bonchev–Trinajstić information content (AvgIpc) is 3.22. The second-order valence-corrected chi connectivity index (χ2v) is 6.73. The first-order valence-electron chi connectivity index (χ1n) is 9.86. The van der Waals surface area contributed by atoms with Gasteiger partial charge in [-0.05, 0) is 52.7 Å². The lowest BCUT2D eigenvalue weighted by Gasteiger charge is -2.11. The van der Waals surface area contributed by atoms with Gasteiger partial charge in [-0.3, -0.25) is 14.5 Å². The zero-order chi connectivity index (χ0) is 20.4. The summed E-state index contributed by atoms with van der Waals surface area (Å²) in [7, 11) is 0. The van der Waals surface area contributed by atoms with Gasteiger partial charge < -0.3 is 20.4 Å². The van der Waals surface area contributed by atoms with Gasteiger partial charge in [0.05, 0.1) is 12.0 Å². The van der Waals surface area contributed by atoms with Crippen LogP contribution in [0.25, 0.3) is 0 Å². The second-order valence-electron chi connectivity index (χ2n) is 6.73. The Hall–Kier alpha value is -2.77. The number of aromatic nitrogens is 2. The SMILES string of the molecule is CCNC(=NCCCn1nc(C)cc1C)NCCCNC(=O)c1occc1C. The van der Waals surface area contributed by atoms with Gasteiger partial charge in [0.1, 0.15) is 0 Å². The van der Waals surface area contributed by atoms with Crippen LogP contribution in [0.1, 0.15) is 47.3 Å². The Morgan fingerprint density at radius 2 is 1.96 bits per heavy atom. The fraction of sp³-hybridized carbons (Fsp3) is 0.550. The van der Waals surface area contributed by atoms with Gasteiger partial charge in [0.15, 0.2) is 11.7 Å². The standard InChI is InChI=1S/C20H32N6O2/c1-5-21-20(24-11-7-12-26-17(4)14-16(3)25-26)23-10-6-9-22-19(27)18-15(2)8-13-28-18/h8,13-14H,5-7,9-12H2,1-4H3,(H,22,27)(H2,21,23,24). The maximum absolute atomic E-state index is 12.0. The molecule has 0 unspecified atom stereocenters. The van der Waals surface area contributed by atoms with Crippen LogP contribution < -0.4 is 16.0 Å². The number of nitrogens with one attached hydrogen (secondary N) is 3. The fourth-order valence-electron chi connectivity index (χ4n) is 2.84. The van der Waals surface area contributed by atoms with Crippen LogP contribution in [0.5, 0.6) is 0 Å². The first-order chi connectivity index (χ1) is 13.5. The number of guanidine groups is 1. The molecular weight excluding hydrogens is 356 g/mol. The summed E-state index contributed by atoms with van der Waals surface area (Å²) < 4.78 is 7.21. The number of furan rings is 1. The Balaban J connectivity index is 1.65. The van der Waals surface area contributed by atoms with Gasteiger partial charge in [-0.15, -0.1) is 0 Å². The minimum Gasteiger partial charge on any atom is -0.459 e. The quantitative estimate of drug-likeness (QED) is 0.329. The summed E-state index contributed by atoms with van der Waals surface area (Å²) in [6.07, 6.45) is 3.25. The highest BCUT2D eigenvalue weighted by molar-refractivity contribution is 5.92. The molecule has 0 aliphatic carbocycles. The number of rotatable bonds is 10. The molecule has 0 atom stereocenters. The van der Waals surface area contributed by atoms with Crippen LogP contribution in [-0.4, -0.2) is 47.8 Å². The summed E-state index contributed by atoms with van der Waals surface area (Å²) in [4.78, 5) is 16.6. The molecule has 2 heterocycles. The Bertz CT molecular complexity index is 778. The lowest BCUT2D eigenvalue weighted by atomic mass is 10.2. The molecule has 0 aromatic carbocycles. The Labute approximate surface area is 166 Å². The Morgan fingerprint density at radius 1 is 1.18 bits per heavy atom. The van der Waals surface area contributed by atoms with Crippen LogP contribution in [-0.2, 0) is 6.54 Å². The van der Waals surface area contributed by atoms with Crippen LogP contribution >= 0.6 is 0 Å². The van der Waals surface area contributed by atoms with Gasteiger partial charge >= 0.3 is 0 Å². The van der Waals surface area contributed by atoms with Crippen molar-refractivity contribution in [2.24, 2.45) is 4.99 Å². The van der Waals surface area contributed by atoms with E-state index in [1.54, 1.807) is 6.07 Å². The lowest BCUT2D eigenvalue weighted by Crippen LogP contribution is -2.39. The molecule has 1 amide bonds. The summed E-state index contributed by atoms with van der Waals surface area (Å²) in [5.41, 5.74) is 3.07. The maximum atomic E-state index is 12.0. The summed E-state index contributed by atoms with van der Waals surface area (Å²) in [6.45, 7) is 11.7. The molecule has 8 heteroatoms. The second kappa shape index (κ2) is 11.2. The van der Waals surface area contributed by atoms with Gasteiger partial charge in [-0.1, -0.05) is 0 Å². The molecule has 28 heavy (non-hydrogen) atoms. The minimum atomic E-state index is -0.174. The molecule has 0 radical (unpaired) electrons. The molecule has 0 aliphatic heterocycles. The van der Waals surface area contributed by atoms with E-state index in [2.05, 4.69) is 39.0 Å². The normalized spacial score (nSPS) is 11.5. The van der Waals surface area contributed by atoms with Crippen molar-refractivity contribution < 1.29 is 9.21 Å². The van der Waals surface area contributed by atoms with Gasteiger partial charge in [0, 0.05) is 44.0 Å². The highest BCUT2D eigenvalue weighted by atomic mass is 16.3. The van der Waals surface area contributed by atoms with Crippen molar-refractivity contribution in [3.8, 4) is 0 Å². The number of aliphatic imine (C=N–C) groups is 1. The van der Waals surface area contributed by atoms with Crippen LogP contribution in [0, 0.1) is 20.8 Å². The number of hydrogen-bond donors (Lipinski definition) is 3. The number of nitrogens with zero attached hydrogens (tertiary/aromatic N) is 3. The molecule has 0 saturated carbocycles. The monoisotopic (exact) mass is 388 g/mol. The van der Waals surface area contributed by atoms with E-state index >= 15 is 0 Å². The highest BCUT2D eigenvalue weighted by Crippen LogP contribution is 2.07. The van der Waals surface area contributed by atoms with Crippen molar-refractivity contribution in [2.45, 2.75) is 47.1 Å². The van der Waals surface area contributed by atoms with E-state index < -0.39 is 0 Å². The van der Waals surface area contributed by atoms with E-state index in [0.717, 1.165) is 56.2 Å². The Kier molecular flexibility index (Phi) is 8.58. The molecule has 3 N–H and O–H groups in total. The van der Waals surface area contributed by atoms with Crippen molar-refractivity contribution in [3.05, 3.63) is 41.1 Å². The van der Waals surface area contributed by atoms with E-state index in [0.29, 0.717) is 12.3 Å². The van der Waals surface area contributed by atoms with Gasteiger partial charge in [0.2, 0.25) is 0 Å². The molecule has 0 spiro atoms. The fourth-order valence-corrected chi connectivity index (χ4v) is 2.84. The number of hydrogen-bond acceptors (Lipinski definition) is 4. The molecule has 0 saturated heterocycles. The summed E-state index contributed by atoms with van der Waals surface area (Å²) >= 11 is 0. The van der Waals surface area contributed by atoms with Crippen LogP contribution in [0.2, 0.25) is 0 Å². The van der Waals surface area contributed by atoms with E-state index in [9.17, 15) is 4.79 Å². The maximum Gasteiger partial charge on any atom is 0.287 e. The number of carbonyl (C=O) groups is 1. The first kappa shape index (κ1) is 21.5. The van der Waals surface area contributed by atoms with Gasteiger partial charge in [-0.2, -0.15) is 5.10 Å². The van der Waals surface area contributed by atoms with Crippen molar-refractivity contribution in [2.75, 3.05) is 26.2 Å². The van der Waals surface area contributed by atoms with E-state index in [-0.39, 0.29) is 5.91 Å². The van der Waals surface area contributed by atoms with Crippen molar-refractivity contribution in [1.29, 1.82) is 0 Å². The first-order valence-corrected chi connectivity index (χ1v) is 9.86. The zero-order valence-corrected chi connectivity index (χ0v) is 17.3. The number of carbonyl (C=O) groups excluding carboxylic acids is 1. The van der Waals surface area contributed by atoms with Crippen molar-refractivity contribution in [3.63, 3.8) is 0 Å². The molecule has 0 fully saturated rings. The van der Waals surface area contributed by atoms with E-state index in [1.165, 1.54) is 12.0 Å². The minimum absolute atomic E-state index is 0.174. The molecule has 2 aromatic rings. The largest absolute Gasteiger partial charge is 0.459 e.